The third-order valence-electron chi connectivity index (χ3n) is 6.44. The van der Waals surface area contributed by atoms with Crippen molar-refractivity contribution in [1.29, 1.82) is 0 Å². The SMILES string of the molecule is O=C1CN(CC(=O)N2CC[C@@]3(CCCN(C4CCCC4)C3=O)C2)C(=O)N1. The highest BCUT2D eigenvalue weighted by Gasteiger charge is 2.50. The lowest BCUT2D eigenvalue weighted by atomic mass is 9.77. The monoisotopic (exact) mass is 362 g/mol. The molecule has 0 radical (unpaired) electrons. The molecule has 0 aromatic heterocycles. The van der Waals surface area contributed by atoms with Crippen LogP contribution in [0.3, 0.4) is 0 Å². The molecular formula is C18H26N4O4. The van der Waals surface area contributed by atoms with Gasteiger partial charge < -0.3 is 14.7 Å². The van der Waals surface area contributed by atoms with Gasteiger partial charge in [-0.15, -0.1) is 0 Å². The molecule has 3 aliphatic heterocycles. The van der Waals surface area contributed by atoms with Gasteiger partial charge in [-0.25, -0.2) is 4.79 Å². The van der Waals surface area contributed by atoms with E-state index in [0.29, 0.717) is 25.6 Å². The maximum absolute atomic E-state index is 13.2. The van der Waals surface area contributed by atoms with Gasteiger partial charge in [0, 0.05) is 25.7 Å². The van der Waals surface area contributed by atoms with Gasteiger partial charge in [-0.05, 0) is 32.1 Å². The number of nitrogens with zero attached hydrogens (tertiary/aromatic N) is 3. The number of piperidine rings is 1. The van der Waals surface area contributed by atoms with Crippen LogP contribution in [0.2, 0.25) is 0 Å². The average Bonchev–Trinajstić information content (AvgIpc) is 3.32. The van der Waals surface area contributed by atoms with E-state index in [1.807, 2.05) is 0 Å². The Bertz CT molecular complexity index is 645. The number of amides is 5. The predicted molar refractivity (Wildman–Crippen MR) is 91.9 cm³/mol. The number of carbonyl (C=O) groups excluding carboxylic acids is 4. The maximum Gasteiger partial charge on any atom is 0.325 e. The van der Waals surface area contributed by atoms with Crippen LogP contribution >= 0.6 is 0 Å². The summed E-state index contributed by atoms with van der Waals surface area (Å²) >= 11 is 0. The summed E-state index contributed by atoms with van der Waals surface area (Å²) < 4.78 is 0. The van der Waals surface area contributed by atoms with Crippen molar-refractivity contribution in [2.24, 2.45) is 5.41 Å². The molecule has 5 amide bonds. The Morgan fingerprint density at radius 1 is 1.08 bits per heavy atom. The third-order valence-corrected chi connectivity index (χ3v) is 6.44. The molecule has 4 fully saturated rings. The van der Waals surface area contributed by atoms with Gasteiger partial charge in [0.05, 0.1) is 5.41 Å². The van der Waals surface area contributed by atoms with E-state index >= 15 is 0 Å². The first-order chi connectivity index (χ1) is 12.5. The van der Waals surface area contributed by atoms with E-state index in [-0.39, 0.29) is 30.8 Å². The van der Waals surface area contributed by atoms with Gasteiger partial charge >= 0.3 is 6.03 Å². The van der Waals surface area contributed by atoms with Gasteiger partial charge in [0.15, 0.2) is 0 Å². The average molecular weight is 362 g/mol. The molecule has 8 nitrogen and oxygen atoms in total. The number of nitrogens with one attached hydrogen (secondary N) is 1. The Morgan fingerprint density at radius 2 is 1.85 bits per heavy atom. The van der Waals surface area contributed by atoms with Crippen LogP contribution in [0.5, 0.6) is 0 Å². The molecule has 1 saturated carbocycles. The molecule has 8 heteroatoms. The number of carbonyl (C=O) groups is 4. The Kier molecular flexibility index (Phi) is 4.36. The molecule has 26 heavy (non-hydrogen) atoms. The number of hydrogen-bond acceptors (Lipinski definition) is 4. The van der Waals surface area contributed by atoms with E-state index < -0.39 is 11.4 Å². The Labute approximate surface area is 152 Å². The van der Waals surface area contributed by atoms with Gasteiger partial charge in [0.1, 0.15) is 13.1 Å². The van der Waals surface area contributed by atoms with Gasteiger partial charge in [-0.2, -0.15) is 0 Å². The van der Waals surface area contributed by atoms with Crippen LogP contribution < -0.4 is 5.32 Å². The van der Waals surface area contributed by atoms with Crippen LogP contribution in [-0.2, 0) is 14.4 Å². The van der Waals surface area contributed by atoms with Gasteiger partial charge in [-0.3, -0.25) is 19.7 Å². The van der Waals surface area contributed by atoms with E-state index in [1.165, 1.54) is 17.7 Å². The molecule has 1 atom stereocenters. The summed E-state index contributed by atoms with van der Waals surface area (Å²) in [5, 5.41) is 2.18. The zero-order valence-corrected chi connectivity index (χ0v) is 15.0. The summed E-state index contributed by atoms with van der Waals surface area (Å²) in [5.41, 5.74) is -0.445. The fraction of sp³-hybridized carbons (Fsp3) is 0.778. The van der Waals surface area contributed by atoms with E-state index in [9.17, 15) is 19.2 Å². The Morgan fingerprint density at radius 3 is 2.54 bits per heavy atom. The van der Waals surface area contributed by atoms with Crippen molar-refractivity contribution in [3.8, 4) is 0 Å². The first-order valence-electron chi connectivity index (χ1n) is 9.66. The Hall–Kier alpha value is -2.12. The van der Waals surface area contributed by atoms with Crippen LogP contribution in [0.25, 0.3) is 0 Å². The highest BCUT2D eigenvalue weighted by molar-refractivity contribution is 6.03. The molecule has 142 valence electrons. The summed E-state index contributed by atoms with van der Waals surface area (Å²) in [6.45, 7) is 1.66. The van der Waals surface area contributed by atoms with Crippen LogP contribution in [0.4, 0.5) is 4.79 Å². The Balaban J connectivity index is 1.40. The summed E-state index contributed by atoms with van der Waals surface area (Å²) in [6, 6.07) is -0.137. The standard InChI is InChI=1S/C18H26N4O4/c23-14-10-21(17(26)19-14)11-15(24)20-9-7-18(12-20)6-3-8-22(16(18)25)13-4-1-2-5-13/h13H,1-12H2,(H,19,23,26)/t18-/m0/s1. The summed E-state index contributed by atoms with van der Waals surface area (Å²) in [6.07, 6.45) is 7.12. The number of rotatable bonds is 3. The molecule has 1 spiro atoms. The minimum atomic E-state index is -0.515. The van der Waals surface area contributed by atoms with Crippen molar-refractivity contribution < 1.29 is 19.2 Å². The highest BCUT2D eigenvalue weighted by atomic mass is 16.2. The normalized spacial score (nSPS) is 30.0. The molecule has 3 heterocycles. The van der Waals surface area contributed by atoms with Crippen molar-refractivity contribution in [3.05, 3.63) is 0 Å². The van der Waals surface area contributed by atoms with E-state index in [1.54, 1.807) is 4.90 Å². The summed E-state index contributed by atoms with van der Waals surface area (Å²) in [7, 11) is 0. The lowest BCUT2D eigenvalue weighted by molar-refractivity contribution is -0.148. The minimum absolute atomic E-state index is 0.0715. The zero-order valence-electron chi connectivity index (χ0n) is 15.0. The van der Waals surface area contributed by atoms with E-state index in [4.69, 9.17) is 0 Å². The van der Waals surface area contributed by atoms with Gasteiger partial charge in [-0.1, -0.05) is 12.8 Å². The number of hydrogen-bond donors (Lipinski definition) is 1. The van der Waals surface area contributed by atoms with Crippen LogP contribution in [0.1, 0.15) is 44.9 Å². The second-order valence-electron chi connectivity index (χ2n) is 8.10. The lowest BCUT2D eigenvalue weighted by Crippen LogP contribution is -2.53. The maximum atomic E-state index is 13.2. The van der Waals surface area contributed by atoms with E-state index in [2.05, 4.69) is 10.2 Å². The van der Waals surface area contributed by atoms with Gasteiger partial charge in [0.25, 0.3) is 0 Å². The van der Waals surface area contributed by atoms with E-state index in [0.717, 1.165) is 32.2 Å². The lowest BCUT2D eigenvalue weighted by Gasteiger charge is -2.42. The second-order valence-corrected chi connectivity index (χ2v) is 8.10. The molecule has 0 aromatic carbocycles. The fourth-order valence-electron chi connectivity index (χ4n) is 5.00. The summed E-state index contributed by atoms with van der Waals surface area (Å²) in [4.78, 5) is 53.7. The molecular weight excluding hydrogens is 336 g/mol. The second kappa shape index (κ2) is 6.55. The third kappa shape index (κ3) is 2.95. The minimum Gasteiger partial charge on any atom is -0.340 e. The molecule has 3 saturated heterocycles. The fourth-order valence-corrected chi connectivity index (χ4v) is 5.00. The molecule has 4 aliphatic rings. The van der Waals surface area contributed by atoms with Gasteiger partial charge in [0.2, 0.25) is 17.7 Å². The van der Waals surface area contributed by atoms with Crippen LogP contribution in [0.15, 0.2) is 0 Å². The first kappa shape index (κ1) is 17.3. The highest BCUT2D eigenvalue weighted by Crippen LogP contribution is 2.42. The topological polar surface area (TPSA) is 90.0 Å². The van der Waals surface area contributed by atoms with Crippen LogP contribution in [-0.4, -0.2) is 77.2 Å². The molecule has 0 aromatic rings. The largest absolute Gasteiger partial charge is 0.340 e. The number of urea groups is 1. The van der Waals surface area contributed by atoms with Crippen molar-refractivity contribution in [2.45, 2.75) is 51.0 Å². The molecule has 1 N–H and O–H groups in total. The predicted octanol–water partition coefficient (Wildman–Crippen LogP) is 0.322. The van der Waals surface area contributed by atoms with Crippen molar-refractivity contribution in [2.75, 3.05) is 32.7 Å². The summed E-state index contributed by atoms with van der Waals surface area (Å²) in [5.74, 6) is -0.340. The molecule has 0 bridgehead atoms. The molecule has 1 aliphatic carbocycles. The quantitative estimate of drug-likeness (QED) is 0.732. The smallest absolute Gasteiger partial charge is 0.325 e. The van der Waals surface area contributed by atoms with Crippen molar-refractivity contribution >= 4 is 23.8 Å². The molecule has 0 unspecified atom stereocenters. The molecule has 4 rings (SSSR count). The van der Waals surface area contributed by atoms with Crippen molar-refractivity contribution in [1.82, 2.24) is 20.0 Å². The van der Waals surface area contributed by atoms with Crippen molar-refractivity contribution in [3.63, 3.8) is 0 Å². The first-order valence-corrected chi connectivity index (χ1v) is 9.66. The number of likely N-dealkylation sites (tertiary alicyclic amines) is 2. The zero-order chi connectivity index (χ0) is 18.3. The number of imide groups is 1. The van der Waals surface area contributed by atoms with Crippen LogP contribution in [0, 0.1) is 5.41 Å².